The standard InChI is InChI=1S/C15H20Cl2N2/c1-9(12-4-3-11(16)6-14(12)17)19-7-10-2-5-15(18)13(10)8-19/h3-4,6,9-10,13,15H,2,5,7-8,18H2,1H3. The first-order valence-corrected chi connectivity index (χ1v) is 7.76. The second-order valence-corrected chi connectivity index (χ2v) is 6.80. The van der Waals surface area contributed by atoms with Crippen LogP contribution in [-0.2, 0) is 0 Å². The van der Waals surface area contributed by atoms with Crippen molar-refractivity contribution in [3.63, 3.8) is 0 Å². The van der Waals surface area contributed by atoms with Gasteiger partial charge in [-0.05, 0) is 49.3 Å². The zero-order chi connectivity index (χ0) is 13.6. The van der Waals surface area contributed by atoms with Crippen molar-refractivity contribution in [2.24, 2.45) is 17.6 Å². The third kappa shape index (κ3) is 2.52. The van der Waals surface area contributed by atoms with Crippen LogP contribution in [-0.4, -0.2) is 24.0 Å². The first-order valence-electron chi connectivity index (χ1n) is 7.01. The highest BCUT2D eigenvalue weighted by atomic mass is 35.5. The van der Waals surface area contributed by atoms with Crippen LogP contribution < -0.4 is 5.73 Å². The van der Waals surface area contributed by atoms with Crippen LogP contribution in [0.15, 0.2) is 18.2 Å². The summed E-state index contributed by atoms with van der Waals surface area (Å²) in [4.78, 5) is 2.52. The molecule has 0 radical (unpaired) electrons. The molecule has 1 saturated heterocycles. The maximum atomic E-state index is 6.32. The quantitative estimate of drug-likeness (QED) is 0.901. The number of benzene rings is 1. The van der Waals surface area contributed by atoms with Gasteiger partial charge < -0.3 is 5.73 Å². The minimum Gasteiger partial charge on any atom is -0.327 e. The van der Waals surface area contributed by atoms with Gasteiger partial charge in [0.15, 0.2) is 0 Å². The van der Waals surface area contributed by atoms with Crippen LogP contribution in [0.5, 0.6) is 0 Å². The maximum Gasteiger partial charge on any atom is 0.0468 e. The Labute approximate surface area is 124 Å². The van der Waals surface area contributed by atoms with Crippen molar-refractivity contribution in [1.82, 2.24) is 4.90 Å². The molecule has 2 N–H and O–H groups in total. The summed E-state index contributed by atoms with van der Waals surface area (Å²) in [5, 5.41) is 1.46. The maximum absolute atomic E-state index is 6.32. The van der Waals surface area contributed by atoms with Crippen molar-refractivity contribution in [3.05, 3.63) is 33.8 Å². The average molecular weight is 299 g/mol. The van der Waals surface area contributed by atoms with Gasteiger partial charge >= 0.3 is 0 Å². The molecule has 3 rings (SSSR count). The van der Waals surface area contributed by atoms with E-state index in [9.17, 15) is 0 Å². The van der Waals surface area contributed by atoms with E-state index < -0.39 is 0 Å². The Morgan fingerprint density at radius 1 is 1.26 bits per heavy atom. The monoisotopic (exact) mass is 298 g/mol. The zero-order valence-corrected chi connectivity index (χ0v) is 12.7. The number of fused-ring (bicyclic) bond motifs is 1. The molecule has 104 valence electrons. The molecule has 0 amide bonds. The van der Waals surface area contributed by atoms with E-state index in [0.29, 0.717) is 23.0 Å². The molecule has 1 aromatic rings. The lowest BCUT2D eigenvalue weighted by Gasteiger charge is -2.27. The summed E-state index contributed by atoms with van der Waals surface area (Å²) in [6, 6.07) is 6.52. The highest BCUT2D eigenvalue weighted by molar-refractivity contribution is 6.35. The lowest BCUT2D eigenvalue weighted by molar-refractivity contribution is 0.239. The van der Waals surface area contributed by atoms with Crippen LogP contribution in [0.1, 0.15) is 31.4 Å². The van der Waals surface area contributed by atoms with Crippen LogP contribution in [0, 0.1) is 11.8 Å². The lowest BCUT2D eigenvalue weighted by atomic mass is 9.98. The van der Waals surface area contributed by atoms with Crippen molar-refractivity contribution >= 4 is 23.2 Å². The molecule has 19 heavy (non-hydrogen) atoms. The number of likely N-dealkylation sites (tertiary alicyclic amines) is 1. The summed E-state index contributed by atoms with van der Waals surface area (Å²) in [7, 11) is 0. The average Bonchev–Trinajstić information content (AvgIpc) is 2.91. The third-order valence-corrected chi connectivity index (χ3v) is 5.46. The van der Waals surface area contributed by atoms with E-state index in [-0.39, 0.29) is 0 Å². The first-order chi connectivity index (χ1) is 9.06. The second-order valence-electron chi connectivity index (χ2n) is 5.96. The minimum absolute atomic E-state index is 0.336. The Bertz CT molecular complexity index is 477. The Balaban J connectivity index is 1.76. The van der Waals surface area contributed by atoms with Crippen LogP contribution in [0.25, 0.3) is 0 Å². The lowest BCUT2D eigenvalue weighted by Crippen LogP contribution is -2.31. The Hall–Kier alpha value is -0.280. The van der Waals surface area contributed by atoms with Gasteiger partial charge in [0.05, 0.1) is 0 Å². The zero-order valence-electron chi connectivity index (χ0n) is 11.2. The number of rotatable bonds is 2. The fourth-order valence-electron chi connectivity index (χ4n) is 3.70. The second kappa shape index (κ2) is 5.25. The molecule has 1 heterocycles. The van der Waals surface area contributed by atoms with Gasteiger partial charge in [0, 0.05) is 35.2 Å². The summed E-state index contributed by atoms with van der Waals surface area (Å²) in [6.07, 6.45) is 2.47. The van der Waals surface area contributed by atoms with Crippen LogP contribution >= 0.6 is 23.2 Å². The SMILES string of the molecule is CC(c1ccc(Cl)cc1Cl)N1CC2CCC(N)C2C1. The van der Waals surface area contributed by atoms with Crippen LogP contribution in [0.2, 0.25) is 10.0 Å². The van der Waals surface area contributed by atoms with E-state index in [4.69, 9.17) is 28.9 Å². The fraction of sp³-hybridized carbons (Fsp3) is 0.600. The van der Waals surface area contributed by atoms with Crippen molar-refractivity contribution in [2.45, 2.75) is 31.8 Å². The third-order valence-electron chi connectivity index (χ3n) is 4.90. The number of hydrogen-bond donors (Lipinski definition) is 1. The molecule has 2 aliphatic rings. The number of nitrogens with zero attached hydrogens (tertiary/aromatic N) is 1. The fourth-order valence-corrected chi connectivity index (χ4v) is 4.26. The number of halogens is 2. The summed E-state index contributed by atoms with van der Waals surface area (Å²) in [5.41, 5.74) is 7.37. The van der Waals surface area contributed by atoms with Gasteiger partial charge in [0.1, 0.15) is 0 Å². The largest absolute Gasteiger partial charge is 0.327 e. The molecule has 1 saturated carbocycles. The summed E-state index contributed by atoms with van der Waals surface area (Å²) < 4.78 is 0. The number of hydrogen-bond acceptors (Lipinski definition) is 2. The molecule has 4 heteroatoms. The van der Waals surface area contributed by atoms with E-state index >= 15 is 0 Å². The van der Waals surface area contributed by atoms with Gasteiger partial charge in [-0.2, -0.15) is 0 Å². The van der Waals surface area contributed by atoms with E-state index in [1.54, 1.807) is 0 Å². The van der Waals surface area contributed by atoms with Crippen LogP contribution in [0.4, 0.5) is 0 Å². The highest BCUT2D eigenvalue weighted by Crippen LogP contribution is 2.41. The van der Waals surface area contributed by atoms with E-state index in [1.807, 2.05) is 18.2 Å². The topological polar surface area (TPSA) is 29.3 Å². The van der Waals surface area contributed by atoms with Gasteiger partial charge in [-0.3, -0.25) is 4.90 Å². The summed E-state index contributed by atoms with van der Waals surface area (Å²) >= 11 is 12.3. The molecular weight excluding hydrogens is 279 g/mol. The molecule has 2 fully saturated rings. The molecule has 0 aromatic heterocycles. The molecular formula is C15H20Cl2N2. The number of nitrogens with two attached hydrogens (primary N) is 1. The Kier molecular flexibility index (Phi) is 3.78. The molecule has 0 bridgehead atoms. The van der Waals surface area contributed by atoms with Crippen molar-refractivity contribution in [3.8, 4) is 0 Å². The van der Waals surface area contributed by atoms with Gasteiger partial charge in [0.2, 0.25) is 0 Å². The van der Waals surface area contributed by atoms with Gasteiger partial charge in [-0.25, -0.2) is 0 Å². The molecule has 2 nitrogen and oxygen atoms in total. The molecule has 4 atom stereocenters. The van der Waals surface area contributed by atoms with Crippen molar-refractivity contribution in [2.75, 3.05) is 13.1 Å². The Morgan fingerprint density at radius 2 is 2.05 bits per heavy atom. The van der Waals surface area contributed by atoms with E-state index in [0.717, 1.165) is 24.0 Å². The van der Waals surface area contributed by atoms with Gasteiger partial charge in [-0.15, -0.1) is 0 Å². The molecule has 4 unspecified atom stereocenters. The molecule has 0 spiro atoms. The normalized spacial score (nSPS) is 32.5. The summed E-state index contributed by atoms with van der Waals surface area (Å²) in [5.74, 6) is 1.46. The van der Waals surface area contributed by atoms with Gasteiger partial charge in [0.25, 0.3) is 0 Å². The van der Waals surface area contributed by atoms with Crippen molar-refractivity contribution < 1.29 is 0 Å². The predicted molar refractivity (Wildman–Crippen MR) is 80.6 cm³/mol. The highest BCUT2D eigenvalue weighted by Gasteiger charge is 2.42. The molecule has 1 aliphatic heterocycles. The minimum atomic E-state index is 0.336. The smallest absolute Gasteiger partial charge is 0.0468 e. The van der Waals surface area contributed by atoms with Gasteiger partial charge in [-0.1, -0.05) is 29.3 Å². The molecule has 1 aliphatic carbocycles. The first kappa shape index (κ1) is 13.7. The van der Waals surface area contributed by atoms with E-state index in [1.165, 1.54) is 18.4 Å². The summed E-state index contributed by atoms with van der Waals surface area (Å²) in [6.45, 7) is 4.48. The van der Waals surface area contributed by atoms with Crippen molar-refractivity contribution in [1.29, 1.82) is 0 Å². The van der Waals surface area contributed by atoms with E-state index in [2.05, 4.69) is 11.8 Å². The predicted octanol–water partition coefficient (Wildman–Crippen LogP) is 3.72. The molecule has 1 aromatic carbocycles. The van der Waals surface area contributed by atoms with Crippen LogP contribution in [0.3, 0.4) is 0 Å². The Morgan fingerprint density at radius 3 is 2.74 bits per heavy atom.